The van der Waals surface area contributed by atoms with E-state index in [0.29, 0.717) is 18.2 Å². The molecule has 5 nitrogen and oxygen atoms in total. The third kappa shape index (κ3) is 3.21. The summed E-state index contributed by atoms with van der Waals surface area (Å²) in [6.45, 7) is 3.73. The van der Waals surface area contributed by atoms with Crippen LogP contribution < -0.4 is 4.72 Å². The quantitative estimate of drug-likeness (QED) is 0.920. The van der Waals surface area contributed by atoms with Crippen LogP contribution in [0.4, 0.5) is 0 Å². The number of sulfonamides is 1. The van der Waals surface area contributed by atoms with Crippen LogP contribution in [-0.2, 0) is 14.8 Å². The van der Waals surface area contributed by atoms with E-state index in [1.807, 2.05) is 13.8 Å². The Morgan fingerprint density at radius 1 is 1.24 bits per heavy atom. The van der Waals surface area contributed by atoms with Gasteiger partial charge in [0.15, 0.2) is 0 Å². The van der Waals surface area contributed by atoms with Gasteiger partial charge in [0.25, 0.3) is 10.0 Å². The first-order chi connectivity index (χ1) is 9.99. The van der Waals surface area contributed by atoms with Gasteiger partial charge in [0, 0.05) is 29.1 Å². The molecule has 1 aromatic carbocycles. The van der Waals surface area contributed by atoms with E-state index in [0.717, 1.165) is 5.39 Å². The molecule has 6 heteroatoms. The van der Waals surface area contributed by atoms with Crippen LogP contribution in [0.3, 0.4) is 0 Å². The number of nitrogens with zero attached hydrogens (tertiary/aromatic N) is 1. The third-order valence-corrected chi connectivity index (χ3v) is 4.93. The number of aromatic nitrogens is 1. The van der Waals surface area contributed by atoms with Gasteiger partial charge in [-0.15, -0.1) is 0 Å². The number of carbonyl (C=O) groups excluding carboxylic acids is 1. The highest BCUT2D eigenvalue weighted by atomic mass is 32.2. The topological polar surface area (TPSA) is 76.1 Å². The normalized spacial score (nSPS) is 11.8. The molecule has 0 saturated heterocycles. The predicted octanol–water partition coefficient (Wildman–Crippen LogP) is 2.48. The standard InChI is InChI=1S/C15H18N2O3S/c1-3-11(4-2)15(18)17-21(19,20)14-7-5-6-12-10-16-9-8-13(12)14/h5-11H,3-4H2,1-2H3,(H,17,18). The molecule has 0 fully saturated rings. The van der Waals surface area contributed by atoms with Crippen molar-refractivity contribution in [3.8, 4) is 0 Å². The first kappa shape index (κ1) is 15.4. The van der Waals surface area contributed by atoms with Crippen molar-refractivity contribution in [2.24, 2.45) is 5.92 Å². The maximum absolute atomic E-state index is 12.4. The monoisotopic (exact) mass is 306 g/mol. The van der Waals surface area contributed by atoms with Gasteiger partial charge in [-0.2, -0.15) is 0 Å². The van der Waals surface area contributed by atoms with E-state index >= 15 is 0 Å². The zero-order chi connectivity index (χ0) is 15.5. The van der Waals surface area contributed by atoms with Gasteiger partial charge in [-0.25, -0.2) is 13.1 Å². The Bertz CT molecular complexity index is 747. The molecule has 0 aliphatic heterocycles. The number of rotatable bonds is 5. The molecule has 112 valence electrons. The van der Waals surface area contributed by atoms with E-state index in [4.69, 9.17) is 0 Å². The van der Waals surface area contributed by atoms with Crippen LogP contribution in [0.25, 0.3) is 10.8 Å². The number of hydrogen-bond acceptors (Lipinski definition) is 4. The highest BCUT2D eigenvalue weighted by molar-refractivity contribution is 7.90. The van der Waals surface area contributed by atoms with Crippen molar-refractivity contribution < 1.29 is 13.2 Å². The van der Waals surface area contributed by atoms with Crippen LogP contribution in [0.1, 0.15) is 26.7 Å². The molecule has 0 bridgehead atoms. The summed E-state index contributed by atoms with van der Waals surface area (Å²) in [7, 11) is -3.88. The van der Waals surface area contributed by atoms with E-state index in [9.17, 15) is 13.2 Å². The first-order valence-corrected chi connectivity index (χ1v) is 8.37. The smallest absolute Gasteiger partial charge is 0.264 e. The number of hydrogen-bond donors (Lipinski definition) is 1. The minimum absolute atomic E-state index is 0.0988. The van der Waals surface area contributed by atoms with E-state index in [-0.39, 0.29) is 10.8 Å². The lowest BCUT2D eigenvalue weighted by Gasteiger charge is -2.14. The highest BCUT2D eigenvalue weighted by Gasteiger charge is 2.23. The van der Waals surface area contributed by atoms with Gasteiger partial charge in [-0.1, -0.05) is 26.0 Å². The molecule has 2 rings (SSSR count). The van der Waals surface area contributed by atoms with Crippen molar-refractivity contribution in [3.63, 3.8) is 0 Å². The summed E-state index contributed by atoms with van der Waals surface area (Å²) in [4.78, 5) is 16.1. The summed E-state index contributed by atoms with van der Waals surface area (Å²) in [5.74, 6) is -0.748. The molecule has 1 N–H and O–H groups in total. The Kier molecular flexibility index (Phi) is 4.57. The maximum Gasteiger partial charge on any atom is 0.264 e. The van der Waals surface area contributed by atoms with Crippen LogP contribution in [-0.4, -0.2) is 19.3 Å². The maximum atomic E-state index is 12.4. The van der Waals surface area contributed by atoms with Gasteiger partial charge >= 0.3 is 0 Å². The molecule has 0 atom stereocenters. The fourth-order valence-electron chi connectivity index (χ4n) is 2.26. The number of nitrogens with one attached hydrogen (secondary N) is 1. The van der Waals surface area contributed by atoms with Crippen LogP contribution >= 0.6 is 0 Å². The Morgan fingerprint density at radius 3 is 2.62 bits per heavy atom. The van der Waals surface area contributed by atoms with Crippen molar-refractivity contribution in [1.82, 2.24) is 9.71 Å². The largest absolute Gasteiger partial charge is 0.274 e. The van der Waals surface area contributed by atoms with Gasteiger partial charge in [0.2, 0.25) is 5.91 Å². The van der Waals surface area contributed by atoms with Gasteiger partial charge < -0.3 is 0 Å². The lowest BCUT2D eigenvalue weighted by molar-refractivity contribution is -0.123. The highest BCUT2D eigenvalue weighted by Crippen LogP contribution is 2.22. The average molecular weight is 306 g/mol. The second-order valence-corrected chi connectivity index (χ2v) is 6.49. The Hall–Kier alpha value is -1.95. The molecule has 0 unspecified atom stereocenters. The fraction of sp³-hybridized carbons (Fsp3) is 0.333. The molecule has 0 spiro atoms. The molecule has 1 amide bonds. The lowest BCUT2D eigenvalue weighted by Crippen LogP contribution is -2.35. The summed E-state index contributed by atoms with van der Waals surface area (Å²) in [5, 5.41) is 1.27. The van der Waals surface area contributed by atoms with E-state index in [1.54, 1.807) is 24.4 Å². The molecular weight excluding hydrogens is 288 g/mol. The Morgan fingerprint density at radius 2 is 1.95 bits per heavy atom. The number of pyridine rings is 1. The van der Waals surface area contributed by atoms with Gasteiger partial charge in [-0.05, 0) is 25.0 Å². The molecule has 1 heterocycles. The lowest BCUT2D eigenvalue weighted by atomic mass is 10.0. The first-order valence-electron chi connectivity index (χ1n) is 6.89. The van der Waals surface area contributed by atoms with Crippen molar-refractivity contribution in [2.45, 2.75) is 31.6 Å². The van der Waals surface area contributed by atoms with Crippen LogP contribution in [0, 0.1) is 5.92 Å². The molecule has 1 aromatic heterocycles. The molecular formula is C15H18N2O3S. The minimum Gasteiger partial charge on any atom is -0.274 e. The number of fused-ring (bicyclic) bond motifs is 1. The molecule has 21 heavy (non-hydrogen) atoms. The Balaban J connectivity index is 2.41. The van der Waals surface area contributed by atoms with Crippen molar-refractivity contribution in [1.29, 1.82) is 0 Å². The van der Waals surface area contributed by atoms with E-state index in [1.165, 1.54) is 12.3 Å². The van der Waals surface area contributed by atoms with Gasteiger partial charge in [0.1, 0.15) is 0 Å². The zero-order valence-corrected chi connectivity index (χ0v) is 12.9. The van der Waals surface area contributed by atoms with Crippen molar-refractivity contribution >= 4 is 26.7 Å². The average Bonchev–Trinajstić information content (AvgIpc) is 2.47. The molecule has 0 aliphatic rings. The molecule has 0 radical (unpaired) electrons. The number of amides is 1. The predicted molar refractivity (Wildman–Crippen MR) is 81.1 cm³/mol. The van der Waals surface area contributed by atoms with E-state index < -0.39 is 15.9 Å². The summed E-state index contributed by atoms with van der Waals surface area (Å²) in [6, 6.07) is 6.54. The summed E-state index contributed by atoms with van der Waals surface area (Å²) in [6.07, 6.45) is 4.34. The number of benzene rings is 1. The van der Waals surface area contributed by atoms with Gasteiger partial charge in [0.05, 0.1) is 4.90 Å². The molecule has 0 saturated carbocycles. The minimum atomic E-state index is -3.88. The second-order valence-electron chi connectivity index (χ2n) is 4.84. The summed E-state index contributed by atoms with van der Waals surface area (Å²) >= 11 is 0. The Labute approximate surface area is 124 Å². The van der Waals surface area contributed by atoms with Crippen LogP contribution in [0.2, 0.25) is 0 Å². The molecule has 2 aromatic rings. The summed E-state index contributed by atoms with van der Waals surface area (Å²) in [5.41, 5.74) is 0. The van der Waals surface area contributed by atoms with Crippen LogP contribution in [0.15, 0.2) is 41.6 Å². The van der Waals surface area contributed by atoms with Crippen LogP contribution in [0.5, 0.6) is 0 Å². The fourth-order valence-corrected chi connectivity index (χ4v) is 3.53. The van der Waals surface area contributed by atoms with E-state index in [2.05, 4.69) is 9.71 Å². The molecule has 0 aliphatic carbocycles. The SMILES string of the molecule is CCC(CC)C(=O)NS(=O)(=O)c1cccc2cnccc12. The number of carbonyl (C=O) groups is 1. The van der Waals surface area contributed by atoms with Crippen molar-refractivity contribution in [2.75, 3.05) is 0 Å². The second kappa shape index (κ2) is 6.22. The third-order valence-electron chi connectivity index (χ3n) is 3.52. The summed E-state index contributed by atoms with van der Waals surface area (Å²) < 4.78 is 27.1. The van der Waals surface area contributed by atoms with Gasteiger partial charge in [-0.3, -0.25) is 9.78 Å². The zero-order valence-electron chi connectivity index (χ0n) is 12.0. The van der Waals surface area contributed by atoms with Crippen molar-refractivity contribution in [3.05, 3.63) is 36.7 Å².